The molecule has 1 aliphatic rings. The molecule has 0 amide bonds. The fourth-order valence-corrected chi connectivity index (χ4v) is 2.19. The molecule has 14 heavy (non-hydrogen) atoms. The Labute approximate surface area is 84.5 Å². The van der Waals surface area contributed by atoms with E-state index in [4.69, 9.17) is 5.73 Å². The molecule has 0 fully saturated rings. The molecular formula is C11H18N2O. The molecule has 1 aromatic rings. The van der Waals surface area contributed by atoms with Gasteiger partial charge in [0, 0.05) is 25.0 Å². The highest BCUT2D eigenvalue weighted by molar-refractivity contribution is 5.29. The number of aliphatic hydroxyl groups excluding tert-OH is 1. The van der Waals surface area contributed by atoms with Crippen molar-refractivity contribution in [3.63, 3.8) is 0 Å². The first-order chi connectivity index (χ1) is 6.66. The fourth-order valence-electron chi connectivity index (χ4n) is 2.19. The third-order valence-electron chi connectivity index (χ3n) is 2.83. The monoisotopic (exact) mass is 194 g/mol. The highest BCUT2D eigenvalue weighted by Crippen LogP contribution is 2.28. The summed E-state index contributed by atoms with van der Waals surface area (Å²) < 4.78 is 2.06. The van der Waals surface area contributed by atoms with Crippen molar-refractivity contribution in [2.75, 3.05) is 0 Å². The summed E-state index contributed by atoms with van der Waals surface area (Å²) in [6, 6.07) is 0.203. The van der Waals surface area contributed by atoms with Crippen LogP contribution in [0.1, 0.15) is 36.9 Å². The molecule has 1 aliphatic carbocycles. The van der Waals surface area contributed by atoms with Crippen molar-refractivity contribution in [1.82, 2.24) is 4.57 Å². The van der Waals surface area contributed by atoms with E-state index in [-0.39, 0.29) is 12.1 Å². The van der Waals surface area contributed by atoms with Gasteiger partial charge in [-0.25, -0.2) is 0 Å². The standard InChI is InChI=1S/C11H18N2O/c1-8(14)5-13-6-9-3-2-4-11(12)10(9)7-13/h6-8,11,14H,2-5,12H2,1H3. The SMILES string of the molecule is CC(O)Cn1cc2c(c1)C(N)CCC2. The number of hydrogen-bond acceptors (Lipinski definition) is 2. The molecule has 2 atom stereocenters. The molecule has 0 saturated heterocycles. The number of fused-ring (bicyclic) bond motifs is 1. The largest absolute Gasteiger partial charge is 0.392 e. The van der Waals surface area contributed by atoms with E-state index < -0.39 is 0 Å². The van der Waals surface area contributed by atoms with Gasteiger partial charge in [-0.2, -0.15) is 0 Å². The molecule has 3 heteroatoms. The lowest BCUT2D eigenvalue weighted by Gasteiger charge is -2.17. The van der Waals surface area contributed by atoms with Crippen LogP contribution in [0.5, 0.6) is 0 Å². The van der Waals surface area contributed by atoms with Gasteiger partial charge in [0.15, 0.2) is 0 Å². The van der Waals surface area contributed by atoms with Gasteiger partial charge in [-0.1, -0.05) is 0 Å². The Bertz CT molecular complexity index is 317. The number of aryl methyl sites for hydroxylation is 1. The van der Waals surface area contributed by atoms with Crippen LogP contribution in [0.15, 0.2) is 12.4 Å². The average Bonchev–Trinajstić information content (AvgIpc) is 2.47. The summed E-state index contributed by atoms with van der Waals surface area (Å²) in [7, 11) is 0. The predicted octanol–water partition coefficient (Wildman–Crippen LogP) is 1.21. The Morgan fingerprint density at radius 2 is 2.43 bits per heavy atom. The topological polar surface area (TPSA) is 51.2 Å². The minimum atomic E-state index is -0.292. The number of aliphatic hydroxyl groups is 1. The second-order valence-corrected chi connectivity index (χ2v) is 4.28. The second-order valence-electron chi connectivity index (χ2n) is 4.28. The van der Waals surface area contributed by atoms with E-state index in [1.54, 1.807) is 6.92 Å². The van der Waals surface area contributed by atoms with Crippen molar-refractivity contribution in [2.45, 2.75) is 44.9 Å². The van der Waals surface area contributed by atoms with Gasteiger partial charge in [0.25, 0.3) is 0 Å². The third kappa shape index (κ3) is 1.83. The number of nitrogens with two attached hydrogens (primary N) is 1. The summed E-state index contributed by atoms with van der Waals surface area (Å²) in [4.78, 5) is 0. The van der Waals surface area contributed by atoms with Crippen LogP contribution < -0.4 is 5.73 Å². The first-order valence-corrected chi connectivity index (χ1v) is 5.29. The minimum Gasteiger partial charge on any atom is -0.392 e. The molecule has 3 N–H and O–H groups in total. The Balaban J connectivity index is 2.21. The molecule has 0 radical (unpaired) electrons. The van der Waals surface area contributed by atoms with Crippen LogP contribution in [0.25, 0.3) is 0 Å². The lowest BCUT2D eigenvalue weighted by Crippen LogP contribution is -2.15. The molecule has 0 aliphatic heterocycles. The quantitative estimate of drug-likeness (QED) is 0.743. The molecule has 78 valence electrons. The van der Waals surface area contributed by atoms with Gasteiger partial charge in [0.2, 0.25) is 0 Å². The first kappa shape index (κ1) is 9.74. The molecule has 2 rings (SSSR count). The zero-order chi connectivity index (χ0) is 10.1. The zero-order valence-electron chi connectivity index (χ0n) is 8.61. The van der Waals surface area contributed by atoms with Gasteiger partial charge in [-0.3, -0.25) is 0 Å². The molecule has 0 bridgehead atoms. The van der Waals surface area contributed by atoms with E-state index in [0.29, 0.717) is 6.54 Å². The highest BCUT2D eigenvalue weighted by atomic mass is 16.3. The lowest BCUT2D eigenvalue weighted by atomic mass is 9.92. The Kier molecular flexibility index (Phi) is 2.61. The summed E-state index contributed by atoms with van der Waals surface area (Å²) in [5.41, 5.74) is 8.65. The highest BCUT2D eigenvalue weighted by Gasteiger charge is 2.18. The summed E-state index contributed by atoms with van der Waals surface area (Å²) >= 11 is 0. The maximum Gasteiger partial charge on any atom is 0.0690 e. The minimum absolute atomic E-state index is 0.203. The van der Waals surface area contributed by atoms with Gasteiger partial charge >= 0.3 is 0 Å². The second kappa shape index (κ2) is 3.75. The van der Waals surface area contributed by atoms with Crippen molar-refractivity contribution in [3.8, 4) is 0 Å². The lowest BCUT2D eigenvalue weighted by molar-refractivity contribution is 0.173. The number of aromatic nitrogens is 1. The van der Waals surface area contributed by atoms with Crippen LogP contribution in [0.3, 0.4) is 0 Å². The smallest absolute Gasteiger partial charge is 0.0690 e. The first-order valence-electron chi connectivity index (χ1n) is 5.29. The van der Waals surface area contributed by atoms with Crippen LogP contribution >= 0.6 is 0 Å². The molecular weight excluding hydrogens is 176 g/mol. The summed E-state index contributed by atoms with van der Waals surface area (Å²) in [5, 5.41) is 9.28. The summed E-state index contributed by atoms with van der Waals surface area (Å²) in [5.74, 6) is 0. The van der Waals surface area contributed by atoms with Gasteiger partial charge in [0.1, 0.15) is 0 Å². The van der Waals surface area contributed by atoms with E-state index in [1.165, 1.54) is 17.5 Å². The number of rotatable bonds is 2. The van der Waals surface area contributed by atoms with Crippen LogP contribution in [0, 0.1) is 0 Å². The molecule has 0 spiro atoms. The van der Waals surface area contributed by atoms with Crippen molar-refractivity contribution in [3.05, 3.63) is 23.5 Å². The van der Waals surface area contributed by atoms with Crippen molar-refractivity contribution >= 4 is 0 Å². The van der Waals surface area contributed by atoms with Gasteiger partial charge in [-0.05, 0) is 37.3 Å². The fraction of sp³-hybridized carbons (Fsp3) is 0.636. The normalized spacial score (nSPS) is 23.2. The van der Waals surface area contributed by atoms with E-state index in [1.807, 2.05) is 0 Å². The summed E-state index contributed by atoms with van der Waals surface area (Å²) in [6.07, 6.45) is 7.33. The van der Waals surface area contributed by atoms with Crippen molar-refractivity contribution in [1.29, 1.82) is 0 Å². The van der Waals surface area contributed by atoms with Gasteiger partial charge in [0.05, 0.1) is 6.10 Å². The molecule has 0 aromatic carbocycles. The van der Waals surface area contributed by atoms with E-state index in [9.17, 15) is 5.11 Å². The zero-order valence-corrected chi connectivity index (χ0v) is 8.61. The maximum absolute atomic E-state index is 9.28. The molecule has 1 heterocycles. The van der Waals surface area contributed by atoms with Crippen LogP contribution in [0.2, 0.25) is 0 Å². The van der Waals surface area contributed by atoms with E-state index >= 15 is 0 Å². The maximum atomic E-state index is 9.28. The molecule has 0 saturated carbocycles. The van der Waals surface area contributed by atoms with Crippen LogP contribution in [-0.2, 0) is 13.0 Å². The van der Waals surface area contributed by atoms with E-state index in [2.05, 4.69) is 17.0 Å². The average molecular weight is 194 g/mol. The van der Waals surface area contributed by atoms with Crippen LogP contribution in [0.4, 0.5) is 0 Å². The number of nitrogens with zero attached hydrogens (tertiary/aromatic N) is 1. The van der Waals surface area contributed by atoms with Crippen LogP contribution in [-0.4, -0.2) is 15.8 Å². The molecule has 2 unspecified atom stereocenters. The molecule has 1 aromatic heterocycles. The summed E-state index contributed by atoms with van der Waals surface area (Å²) in [6.45, 7) is 2.47. The third-order valence-corrected chi connectivity index (χ3v) is 2.83. The Hall–Kier alpha value is -0.800. The van der Waals surface area contributed by atoms with Crippen molar-refractivity contribution in [2.24, 2.45) is 5.73 Å². The Morgan fingerprint density at radius 1 is 1.64 bits per heavy atom. The van der Waals surface area contributed by atoms with Gasteiger partial charge in [-0.15, -0.1) is 0 Å². The Morgan fingerprint density at radius 3 is 3.07 bits per heavy atom. The number of hydrogen-bond donors (Lipinski definition) is 2. The van der Waals surface area contributed by atoms with E-state index in [0.717, 1.165) is 12.8 Å². The molecule has 3 nitrogen and oxygen atoms in total. The predicted molar refractivity (Wildman–Crippen MR) is 56.0 cm³/mol. The van der Waals surface area contributed by atoms with Gasteiger partial charge < -0.3 is 15.4 Å². The van der Waals surface area contributed by atoms with Crippen molar-refractivity contribution < 1.29 is 5.11 Å².